The molecule has 0 fully saturated rings. The van der Waals surface area contributed by atoms with Gasteiger partial charge in [0.25, 0.3) is 0 Å². The molecule has 0 aliphatic carbocycles. The molecule has 1 atom stereocenters. The van der Waals surface area contributed by atoms with E-state index in [4.69, 9.17) is 9.94 Å². The second-order valence-electron chi connectivity index (χ2n) is 6.00. The van der Waals surface area contributed by atoms with Crippen molar-refractivity contribution in [3.63, 3.8) is 0 Å². The molecule has 1 unspecified atom stereocenters. The lowest BCUT2D eigenvalue weighted by molar-refractivity contribution is -0.129. The maximum Gasteiger partial charge on any atom is 0.245 e. The van der Waals surface area contributed by atoms with Gasteiger partial charge in [-0.25, -0.2) is 18.6 Å². The van der Waals surface area contributed by atoms with E-state index in [-0.39, 0.29) is 11.3 Å². The van der Waals surface area contributed by atoms with E-state index in [9.17, 15) is 13.2 Å². The molecular weight excluding hydrogens is 368 g/mol. The molecule has 0 saturated carbocycles. The molecule has 0 aliphatic rings. The first-order valence-electron chi connectivity index (χ1n) is 8.69. The summed E-state index contributed by atoms with van der Waals surface area (Å²) in [6, 6.07) is 14.0. The van der Waals surface area contributed by atoms with Crippen molar-refractivity contribution in [2.24, 2.45) is 0 Å². The van der Waals surface area contributed by atoms with E-state index in [1.54, 1.807) is 42.5 Å². The number of carbonyl (C=O) groups excluding carboxylic acids is 1. The Hall–Kier alpha value is -2.42. The lowest BCUT2D eigenvalue weighted by atomic mass is 10.0. The molecule has 2 aromatic rings. The van der Waals surface area contributed by atoms with Gasteiger partial charge in [0.15, 0.2) is 0 Å². The third-order valence-electron chi connectivity index (χ3n) is 3.91. The summed E-state index contributed by atoms with van der Waals surface area (Å²) in [5.74, 6) is -0.0899. The molecule has 0 heterocycles. The van der Waals surface area contributed by atoms with Crippen molar-refractivity contribution in [1.82, 2.24) is 10.2 Å². The molecule has 8 heteroatoms. The molecule has 0 aliphatic heterocycles. The Morgan fingerprint density at radius 2 is 1.78 bits per heavy atom. The van der Waals surface area contributed by atoms with Crippen molar-refractivity contribution < 1.29 is 23.2 Å². The predicted octanol–water partition coefficient (Wildman–Crippen LogP) is 2.78. The summed E-state index contributed by atoms with van der Waals surface area (Å²) in [6.45, 7) is 2.64. The molecular formula is C19H24N2O5S. The van der Waals surface area contributed by atoms with Gasteiger partial charge in [-0.05, 0) is 36.2 Å². The molecule has 0 spiro atoms. The van der Waals surface area contributed by atoms with E-state index in [2.05, 4.69) is 11.6 Å². The fraction of sp³-hybridized carbons (Fsp3) is 0.316. The minimum atomic E-state index is -3.87. The molecule has 146 valence electrons. The van der Waals surface area contributed by atoms with E-state index in [1.165, 1.54) is 17.6 Å². The first kappa shape index (κ1) is 20.9. The maximum absolute atomic E-state index is 12.7. The van der Waals surface area contributed by atoms with Crippen molar-refractivity contribution in [1.29, 1.82) is 0 Å². The Balaban J connectivity index is 2.16. The van der Waals surface area contributed by atoms with Crippen LogP contribution in [-0.4, -0.2) is 26.1 Å². The number of hydrogen-bond donors (Lipinski definition) is 3. The summed E-state index contributed by atoms with van der Waals surface area (Å²) in [7, 11) is -3.87. The first-order valence-corrected chi connectivity index (χ1v) is 10.2. The molecule has 2 aromatic carbocycles. The molecule has 1 amide bonds. The molecule has 27 heavy (non-hydrogen) atoms. The number of ether oxygens (including phenoxy) is 1. The lowest BCUT2D eigenvalue weighted by Gasteiger charge is -2.18. The van der Waals surface area contributed by atoms with E-state index < -0.39 is 22.0 Å². The van der Waals surface area contributed by atoms with Crippen LogP contribution in [0, 0.1) is 0 Å². The largest absolute Gasteiger partial charge is 0.494 e. The smallest absolute Gasteiger partial charge is 0.245 e. The van der Waals surface area contributed by atoms with Gasteiger partial charge in [-0.1, -0.05) is 43.7 Å². The zero-order valence-corrected chi connectivity index (χ0v) is 15.9. The molecule has 0 radical (unpaired) electrons. The molecule has 7 nitrogen and oxygen atoms in total. The minimum Gasteiger partial charge on any atom is -0.494 e. The molecule has 2 rings (SSSR count). The summed E-state index contributed by atoms with van der Waals surface area (Å²) in [6.07, 6.45) is 1.70. The summed E-state index contributed by atoms with van der Waals surface area (Å²) in [4.78, 5) is 11.6. The van der Waals surface area contributed by atoms with Gasteiger partial charge in [0.1, 0.15) is 5.75 Å². The second-order valence-corrected chi connectivity index (χ2v) is 7.71. The molecule has 0 saturated heterocycles. The summed E-state index contributed by atoms with van der Waals surface area (Å²) in [5.41, 5.74) is 2.15. The maximum atomic E-state index is 12.7. The number of unbranched alkanes of at least 4 members (excludes halogenated alkanes) is 1. The van der Waals surface area contributed by atoms with Gasteiger partial charge in [-0.3, -0.25) is 10.0 Å². The average Bonchev–Trinajstić information content (AvgIpc) is 2.68. The number of carbonyl (C=O) groups is 1. The number of sulfonamides is 1. The van der Waals surface area contributed by atoms with Gasteiger partial charge >= 0.3 is 0 Å². The normalized spacial score (nSPS) is 12.4. The fourth-order valence-electron chi connectivity index (χ4n) is 2.45. The molecule has 0 bridgehead atoms. The van der Waals surface area contributed by atoms with Crippen molar-refractivity contribution in [2.45, 2.75) is 37.1 Å². The van der Waals surface area contributed by atoms with Crippen LogP contribution in [0.1, 0.15) is 37.8 Å². The van der Waals surface area contributed by atoms with Crippen molar-refractivity contribution >= 4 is 15.9 Å². The number of amides is 1. The highest BCUT2D eigenvalue weighted by Crippen LogP contribution is 2.22. The number of hydroxylamine groups is 1. The van der Waals surface area contributed by atoms with Gasteiger partial charge in [-0.15, -0.1) is 0 Å². The van der Waals surface area contributed by atoms with Crippen molar-refractivity contribution in [2.75, 3.05) is 6.61 Å². The number of nitrogens with one attached hydrogen (secondary N) is 2. The molecule has 3 N–H and O–H groups in total. The third kappa shape index (κ3) is 6.35. The molecule has 0 aromatic heterocycles. The highest BCUT2D eigenvalue weighted by molar-refractivity contribution is 7.89. The van der Waals surface area contributed by atoms with E-state index in [1.807, 2.05) is 0 Å². The van der Waals surface area contributed by atoms with Crippen LogP contribution in [-0.2, 0) is 14.8 Å². The van der Waals surface area contributed by atoms with Crippen LogP contribution < -0.4 is 14.9 Å². The Morgan fingerprint density at radius 1 is 1.11 bits per heavy atom. The highest BCUT2D eigenvalue weighted by atomic mass is 32.2. The first-order chi connectivity index (χ1) is 13.0. The Morgan fingerprint density at radius 3 is 2.37 bits per heavy atom. The minimum absolute atomic E-state index is 0.0654. The standard InChI is InChI=1S/C19H24N2O5S/c1-2-3-13-26-16-9-11-17(12-10-16)27(24,25)21-18(14-19(22)20-23)15-7-5-4-6-8-15/h4-12,18,21,23H,2-3,13-14H2,1H3,(H,20,22). The quantitative estimate of drug-likeness (QED) is 0.328. The SMILES string of the molecule is CCCCOc1ccc(S(=O)(=O)NC(CC(=O)NO)c2ccccc2)cc1. The van der Waals surface area contributed by atoms with Crippen molar-refractivity contribution in [3.05, 3.63) is 60.2 Å². The van der Waals surface area contributed by atoms with E-state index in [0.717, 1.165) is 12.8 Å². The zero-order chi connectivity index (χ0) is 19.7. The van der Waals surface area contributed by atoms with Gasteiger partial charge in [0.2, 0.25) is 15.9 Å². The van der Waals surface area contributed by atoms with E-state index >= 15 is 0 Å². The number of hydrogen-bond acceptors (Lipinski definition) is 5. The third-order valence-corrected chi connectivity index (χ3v) is 5.40. The van der Waals surface area contributed by atoms with Crippen LogP contribution in [0.2, 0.25) is 0 Å². The van der Waals surface area contributed by atoms with Gasteiger partial charge in [-0.2, -0.15) is 0 Å². The van der Waals surface area contributed by atoms with Crippen LogP contribution in [0.3, 0.4) is 0 Å². The topological polar surface area (TPSA) is 105 Å². The lowest BCUT2D eigenvalue weighted by Crippen LogP contribution is -2.33. The Bertz CT molecular complexity index is 823. The van der Waals surface area contributed by atoms with Crippen LogP contribution in [0.25, 0.3) is 0 Å². The Kier molecular flexibility index (Phi) is 7.78. The van der Waals surface area contributed by atoms with Crippen LogP contribution in [0.4, 0.5) is 0 Å². The summed E-state index contributed by atoms with van der Waals surface area (Å²) >= 11 is 0. The Labute approximate surface area is 159 Å². The van der Waals surface area contributed by atoms with Gasteiger partial charge < -0.3 is 4.74 Å². The van der Waals surface area contributed by atoms with Gasteiger partial charge in [0.05, 0.1) is 17.5 Å². The monoisotopic (exact) mass is 392 g/mol. The summed E-state index contributed by atoms with van der Waals surface area (Å²) in [5, 5.41) is 8.77. The zero-order valence-electron chi connectivity index (χ0n) is 15.1. The van der Waals surface area contributed by atoms with Gasteiger partial charge in [0, 0.05) is 6.42 Å². The van der Waals surface area contributed by atoms with Crippen LogP contribution in [0.5, 0.6) is 5.75 Å². The van der Waals surface area contributed by atoms with Crippen LogP contribution in [0.15, 0.2) is 59.5 Å². The van der Waals surface area contributed by atoms with E-state index in [0.29, 0.717) is 17.9 Å². The van der Waals surface area contributed by atoms with Crippen LogP contribution >= 0.6 is 0 Å². The number of rotatable bonds is 10. The van der Waals surface area contributed by atoms with Crippen molar-refractivity contribution in [3.8, 4) is 5.75 Å². The average molecular weight is 392 g/mol. The number of benzene rings is 2. The fourth-order valence-corrected chi connectivity index (χ4v) is 3.67. The highest BCUT2D eigenvalue weighted by Gasteiger charge is 2.23. The summed E-state index contributed by atoms with van der Waals surface area (Å²) < 4.78 is 33.5. The predicted molar refractivity (Wildman–Crippen MR) is 101 cm³/mol. The second kappa shape index (κ2) is 10.1.